The van der Waals surface area contributed by atoms with E-state index in [1.807, 2.05) is 49.4 Å². The van der Waals surface area contributed by atoms with Gasteiger partial charge in [-0.25, -0.2) is 0 Å². The first-order chi connectivity index (χ1) is 11.5. The van der Waals surface area contributed by atoms with Gasteiger partial charge in [0.05, 0.1) is 11.6 Å². The average Bonchev–Trinajstić information content (AvgIpc) is 3.00. The largest absolute Gasteiger partial charge is 0.341 e. The summed E-state index contributed by atoms with van der Waals surface area (Å²) < 4.78 is 0. The molecule has 2 aromatic rings. The first-order valence-electron chi connectivity index (χ1n) is 8.27. The van der Waals surface area contributed by atoms with Crippen LogP contribution in [0.3, 0.4) is 0 Å². The van der Waals surface area contributed by atoms with E-state index in [0.29, 0.717) is 13.1 Å². The van der Waals surface area contributed by atoms with E-state index < -0.39 is 0 Å². The van der Waals surface area contributed by atoms with Crippen LogP contribution in [0.25, 0.3) is 10.8 Å². The molecule has 0 aliphatic carbocycles. The fourth-order valence-electron chi connectivity index (χ4n) is 3.21. The van der Waals surface area contributed by atoms with Crippen LogP contribution in [0.15, 0.2) is 42.5 Å². The molecule has 2 atom stereocenters. The lowest BCUT2D eigenvalue weighted by atomic mass is 10.1. The van der Waals surface area contributed by atoms with Gasteiger partial charge in [-0.05, 0) is 18.4 Å². The minimum atomic E-state index is -0.310. The predicted octanol–water partition coefficient (Wildman–Crippen LogP) is 2.42. The number of carbonyl (C=O) groups is 2. The van der Waals surface area contributed by atoms with Crippen LogP contribution in [0, 0.1) is 5.92 Å². The zero-order valence-electron chi connectivity index (χ0n) is 14.5. The second kappa shape index (κ2) is 7.85. The van der Waals surface area contributed by atoms with E-state index in [4.69, 9.17) is 5.73 Å². The lowest BCUT2D eigenvalue weighted by molar-refractivity contribution is -0.136. The Morgan fingerprint density at radius 2 is 1.96 bits per heavy atom. The molecule has 0 spiro atoms. The van der Waals surface area contributed by atoms with Crippen molar-refractivity contribution in [3.8, 4) is 0 Å². The van der Waals surface area contributed by atoms with Crippen molar-refractivity contribution >= 4 is 40.7 Å². The highest BCUT2D eigenvalue weighted by atomic mass is 35.5. The molecule has 2 aromatic carbocycles. The summed E-state index contributed by atoms with van der Waals surface area (Å²) in [7, 11) is 1.75. The van der Waals surface area contributed by atoms with Gasteiger partial charge in [0.1, 0.15) is 0 Å². The van der Waals surface area contributed by atoms with Crippen LogP contribution in [0.1, 0.15) is 13.3 Å². The number of rotatable bonds is 4. The maximum Gasteiger partial charge on any atom is 0.228 e. The molecule has 3 rings (SSSR count). The number of nitrogens with zero attached hydrogens (tertiary/aromatic N) is 2. The molecule has 0 saturated carbocycles. The second-order valence-corrected chi connectivity index (χ2v) is 6.44. The number of carbonyl (C=O) groups excluding carboxylic acids is 2. The Bertz CT molecular complexity index is 775. The van der Waals surface area contributed by atoms with Crippen LogP contribution in [-0.2, 0) is 9.59 Å². The molecule has 5 nitrogen and oxygen atoms in total. The van der Waals surface area contributed by atoms with Gasteiger partial charge in [0.15, 0.2) is 0 Å². The number of benzene rings is 2. The van der Waals surface area contributed by atoms with Crippen LogP contribution in [-0.4, -0.2) is 42.9 Å². The van der Waals surface area contributed by atoms with Crippen LogP contribution in [0.2, 0.25) is 0 Å². The third-order valence-electron chi connectivity index (χ3n) is 4.88. The summed E-state index contributed by atoms with van der Waals surface area (Å²) in [6, 6.07) is 13.9. The zero-order valence-corrected chi connectivity index (χ0v) is 15.3. The number of nitrogens with two attached hydrogens (primary N) is 1. The molecular formula is C19H24ClN3O2. The maximum absolute atomic E-state index is 12.6. The summed E-state index contributed by atoms with van der Waals surface area (Å²) in [5.41, 5.74) is 6.52. The molecule has 1 saturated heterocycles. The molecule has 134 valence electrons. The first-order valence-corrected chi connectivity index (χ1v) is 8.27. The summed E-state index contributed by atoms with van der Waals surface area (Å²) in [5.74, 6) is -0.321. The summed E-state index contributed by atoms with van der Waals surface area (Å²) >= 11 is 0. The van der Waals surface area contributed by atoms with Gasteiger partial charge in [0.2, 0.25) is 11.8 Å². The van der Waals surface area contributed by atoms with Crippen molar-refractivity contribution < 1.29 is 9.59 Å². The average molecular weight is 362 g/mol. The summed E-state index contributed by atoms with van der Waals surface area (Å²) in [6.45, 7) is 2.75. The van der Waals surface area contributed by atoms with Crippen molar-refractivity contribution in [2.75, 3.05) is 25.0 Å². The van der Waals surface area contributed by atoms with Gasteiger partial charge in [-0.3, -0.25) is 9.59 Å². The highest BCUT2D eigenvalue weighted by molar-refractivity contribution is 6.06. The Morgan fingerprint density at radius 1 is 1.28 bits per heavy atom. The van der Waals surface area contributed by atoms with E-state index in [1.54, 1.807) is 16.8 Å². The number of anilines is 1. The van der Waals surface area contributed by atoms with Gasteiger partial charge in [-0.15, -0.1) is 12.4 Å². The molecule has 0 aromatic heterocycles. The molecular weight excluding hydrogens is 338 g/mol. The number of fused-ring (bicyclic) bond motifs is 1. The Balaban J connectivity index is 0.00000225. The third kappa shape index (κ3) is 3.62. The van der Waals surface area contributed by atoms with E-state index in [0.717, 1.165) is 16.5 Å². The monoisotopic (exact) mass is 361 g/mol. The van der Waals surface area contributed by atoms with E-state index in [2.05, 4.69) is 0 Å². The van der Waals surface area contributed by atoms with Crippen LogP contribution < -0.4 is 10.6 Å². The van der Waals surface area contributed by atoms with Gasteiger partial charge in [-0.1, -0.05) is 36.4 Å². The van der Waals surface area contributed by atoms with E-state index in [9.17, 15) is 9.59 Å². The van der Waals surface area contributed by atoms with Gasteiger partial charge in [0, 0.05) is 38.0 Å². The fraction of sp³-hybridized carbons (Fsp3) is 0.368. The number of hydrogen-bond donors (Lipinski definition) is 1. The molecule has 1 aliphatic heterocycles. The smallest absolute Gasteiger partial charge is 0.228 e. The molecule has 25 heavy (non-hydrogen) atoms. The van der Waals surface area contributed by atoms with E-state index >= 15 is 0 Å². The lowest BCUT2D eigenvalue weighted by Gasteiger charge is -2.26. The molecule has 0 bridgehead atoms. The van der Waals surface area contributed by atoms with Crippen molar-refractivity contribution in [3.63, 3.8) is 0 Å². The molecule has 2 unspecified atom stereocenters. The van der Waals surface area contributed by atoms with Crippen molar-refractivity contribution in [1.29, 1.82) is 0 Å². The van der Waals surface area contributed by atoms with E-state index in [-0.39, 0.29) is 42.6 Å². The summed E-state index contributed by atoms with van der Waals surface area (Å²) in [6.07, 6.45) is 0.254. The number of hydrogen-bond acceptors (Lipinski definition) is 3. The molecule has 1 heterocycles. The Kier molecular flexibility index (Phi) is 6.03. The fourth-order valence-corrected chi connectivity index (χ4v) is 3.21. The Labute approximate surface area is 154 Å². The molecule has 1 aliphatic rings. The molecule has 1 fully saturated rings. The quantitative estimate of drug-likeness (QED) is 0.909. The highest BCUT2D eigenvalue weighted by Gasteiger charge is 2.37. The SMILES string of the molecule is CC(CN)N(C)C(=O)C1CC(=O)N(c2cccc3ccccc23)C1.Cl. The van der Waals surface area contributed by atoms with E-state index in [1.165, 1.54) is 0 Å². The van der Waals surface area contributed by atoms with Crippen molar-refractivity contribution in [2.24, 2.45) is 11.7 Å². The Morgan fingerprint density at radius 3 is 2.68 bits per heavy atom. The minimum Gasteiger partial charge on any atom is -0.341 e. The van der Waals surface area contributed by atoms with Crippen LogP contribution >= 0.6 is 12.4 Å². The Hall–Kier alpha value is -2.11. The molecule has 6 heteroatoms. The van der Waals surface area contributed by atoms with Crippen LogP contribution in [0.5, 0.6) is 0 Å². The predicted molar refractivity (Wildman–Crippen MR) is 103 cm³/mol. The van der Waals surface area contributed by atoms with Crippen molar-refractivity contribution in [2.45, 2.75) is 19.4 Å². The van der Waals surface area contributed by atoms with Gasteiger partial charge in [0.25, 0.3) is 0 Å². The number of amides is 2. The van der Waals surface area contributed by atoms with Crippen LogP contribution in [0.4, 0.5) is 5.69 Å². The highest BCUT2D eigenvalue weighted by Crippen LogP contribution is 2.32. The summed E-state index contributed by atoms with van der Waals surface area (Å²) in [4.78, 5) is 28.5. The standard InChI is InChI=1S/C19H23N3O2.ClH/c1-13(11-20)21(2)19(24)15-10-18(23)22(12-15)17-9-5-7-14-6-3-4-8-16(14)17;/h3-9,13,15H,10-12,20H2,1-2H3;1H. The topological polar surface area (TPSA) is 66.6 Å². The van der Waals surface area contributed by atoms with Crippen molar-refractivity contribution in [1.82, 2.24) is 4.90 Å². The lowest BCUT2D eigenvalue weighted by Crippen LogP contribution is -2.43. The number of halogens is 1. The third-order valence-corrected chi connectivity index (χ3v) is 4.88. The zero-order chi connectivity index (χ0) is 17.3. The first kappa shape index (κ1) is 19.2. The number of likely N-dealkylation sites (N-methyl/N-ethyl adjacent to an activating group) is 1. The maximum atomic E-state index is 12.6. The molecule has 2 N–H and O–H groups in total. The normalized spacial score (nSPS) is 18.1. The molecule has 0 radical (unpaired) electrons. The van der Waals surface area contributed by atoms with Gasteiger partial charge >= 0.3 is 0 Å². The van der Waals surface area contributed by atoms with Gasteiger partial charge < -0.3 is 15.5 Å². The second-order valence-electron chi connectivity index (χ2n) is 6.44. The summed E-state index contributed by atoms with van der Waals surface area (Å²) in [5, 5.41) is 2.12. The minimum absolute atomic E-state index is 0. The van der Waals surface area contributed by atoms with Gasteiger partial charge in [-0.2, -0.15) is 0 Å². The molecule has 2 amide bonds. The van der Waals surface area contributed by atoms with Crippen molar-refractivity contribution in [3.05, 3.63) is 42.5 Å².